The predicted molar refractivity (Wildman–Crippen MR) is 78.5 cm³/mol. The smallest absolute Gasteiger partial charge is 0.379 e. The number of halogens is 5. The molecule has 0 saturated heterocycles. The predicted octanol–water partition coefficient (Wildman–Crippen LogP) is 5.90. The molecule has 0 saturated carbocycles. The fourth-order valence-electron chi connectivity index (χ4n) is 1.46. The molecule has 1 N–H and O–H groups in total. The molecule has 0 aliphatic heterocycles. The molecular weight excluding hydrogens is 407 g/mol. The van der Waals surface area contributed by atoms with E-state index in [1.807, 2.05) is 11.4 Å². The van der Waals surface area contributed by atoms with Crippen LogP contribution < -0.4 is 5.32 Å². The zero-order valence-corrected chi connectivity index (χ0v) is 13.4. The normalized spacial score (nSPS) is 11.6. The van der Waals surface area contributed by atoms with Crippen LogP contribution in [0.15, 0.2) is 38.6 Å². The first kappa shape index (κ1) is 14.9. The molecule has 0 radical (unpaired) electrons. The maximum absolute atomic E-state index is 12.5. The Kier molecular flexibility index (Phi) is 4.58. The molecule has 7 heteroatoms. The highest BCUT2D eigenvalue weighted by molar-refractivity contribution is 9.10. The van der Waals surface area contributed by atoms with Gasteiger partial charge in [0.15, 0.2) is 0 Å². The highest BCUT2D eigenvalue weighted by Crippen LogP contribution is 2.34. The van der Waals surface area contributed by atoms with Crippen molar-refractivity contribution in [2.45, 2.75) is 12.7 Å². The summed E-state index contributed by atoms with van der Waals surface area (Å²) >= 11 is 8.08. The average molecular weight is 415 g/mol. The maximum atomic E-state index is 12.5. The van der Waals surface area contributed by atoms with Crippen molar-refractivity contribution in [1.82, 2.24) is 0 Å². The van der Waals surface area contributed by atoms with Crippen LogP contribution in [0, 0.1) is 0 Å². The van der Waals surface area contributed by atoms with Gasteiger partial charge in [-0.2, -0.15) is 13.2 Å². The number of anilines is 1. The van der Waals surface area contributed by atoms with Crippen molar-refractivity contribution in [3.8, 4) is 0 Å². The van der Waals surface area contributed by atoms with E-state index in [-0.39, 0.29) is 0 Å². The molecule has 0 aliphatic rings. The Morgan fingerprint density at radius 1 is 1.16 bits per heavy atom. The molecule has 0 atom stereocenters. The first-order valence-electron chi connectivity index (χ1n) is 5.20. The van der Waals surface area contributed by atoms with Crippen molar-refractivity contribution in [2.75, 3.05) is 5.32 Å². The number of nitrogens with one attached hydrogen (secondary N) is 1. The summed E-state index contributed by atoms with van der Waals surface area (Å²) < 4.78 is 38.9. The van der Waals surface area contributed by atoms with E-state index >= 15 is 0 Å². The summed E-state index contributed by atoms with van der Waals surface area (Å²) in [6.45, 7) is 0.570. The molecule has 0 unspecified atom stereocenters. The van der Waals surface area contributed by atoms with Crippen molar-refractivity contribution < 1.29 is 13.2 Å². The molecule has 1 aromatic heterocycles. The van der Waals surface area contributed by atoms with Crippen LogP contribution in [0.5, 0.6) is 0 Å². The number of hydrogen-bond donors (Lipinski definition) is 1. The Hall–Kier alpha value is -0.530. The number of thiophene rings is 1. The van der Waals surface area contributed by atoms with Gasteiger partial charge in [0.25, 0.3) is 0 Å². The molecule has 0 fully saturated rings. The van der Waals surface area contributed by atoms with Crippen LogP contribution in [0.3, 0.4) is 0 Å². The number of rotatable bonds is 3. The number of alkyl halides is 3. The third kappa shape index (κ3) is 3.97. The van der Waals surface area contributed by atoms with E-state index in [0.717, 1.165) is 21.5 Å². The fourth-order valence-corrected chi connectivity index (χ4v) is 3.37. The lowest BCUT2D eigenvalue weighted by atomic mass is 10.2. The summed E-state index contributed by atoms with van der Waals surface area (Å²) in [6, 6.07) is 5.54. The van der Waals surface area contributed by atoms with Crippen molar-refractivity contribution in [3.05, 3.63) is 49.0 Å². The highest BCUT2D eigenvalue weighted by atomic mass is 79.9. The average Bonchev–Trinajstić information content (AvgIpc) is 2.72. The second kappa shape index (κ2) is 5.85. The molecule has 1 nitrogen and oxygen atoms in total. The number of hydrogen-bond acceptors (Lipinski definition) is 2. The van der Waals surface area contributed by atoms with Crippen LogP contribution in [-0.4, -0.2) is 0 Å². The van der Waals surface area contributed by atoms with Crippen LogP contribution in [0.25, 0.3) is 0 Å². The van der Waals surface area contributed by atoms with Crippen LogP contribution in [-0.2, 0) is 12.7 Å². The van der Waals surface area contributed by atoms with Gasteiger partial charge in [-0.05, 0) is 56.1 Å². The third-order valence-electron chi connectivity index (χ3n) is 2.37. The molecule has 0 amide bonds. The molecule has 0 bridgehead atoms. The molecule has 1 aromatic carbocycles. The highest BCUT2D eigenvalue weighted by Gasteiger charge is 2.30. The van der Waals surface area contributed by atoms with Gasteiger partial charge in [0.1, 0.15) is 0 Å². The van der Waals surface area contributed by atoms with Crippen LogP contribution in [0.2, 0.25) is 0 Å². The lowest BCUT2D eigenvalue weighted by molar-refractivity contribution is -0.137. The van der Waals surface area contributed by atoms with Gasteiger partial charge in [0.05, 0.1) is 5.56 Å². The molecule has 2 aromatic rings. The first-order chi connectivity index (χ1) is 8.86. The summed E-state index contributed by atoms with van der Waals surface area (Å²) in [5.74, 6) is 0. The topological polar surface area (TPSA) is 12.0 Å². The van der Waals surface area contributed by atoms with E-state index in [1.54, 1.807) is 11.3 Å². The zero-order valence-electron chi connectivity index (χ0n) is 9.39. The lowest BCUT2D eigenvalue weighted by Gasteiger charge is -2.11. The quantitative estimate of drug-likeness (QED) is 0.658. The third-order valence-corrected chi connectivity index (χ3v) is 4.72. The monoisotopic (exact) mass is 413 g/mol. The van der Waals surface area contributed by atoms with Gasteiger partial charge >= 0.3 is 6.18 Å². The van der Waals surface area contributed by atoms with Crippen molar-refractivity contribution in [3.63, 3.8) is 0 Å². The molecule has 0 spiro atoms. The van der Waals surface area contributed by atoms with Gasteiger partial charge in [-0.3, -0.25) is 0 Å². The van der Waals surface area contributed by atoms with Gasteiger partial charge in [-0.25, -0.2) is 0 Å². The Labute approximate surface area is 129 Å². The number of benzene rings is 1. The van der Waals surface area contributed by atoms with Crippen molar-refractivity contribution in [2.24, 2.45) is 0 Å². The zero-order chi connectivity index (χ0) is 14.0. The van der Waals surface area contributed by atoms with Gasteiger partial charge in [0.2, 0.25) is 0 Å². The molecule has 102 valence electrons. The summed E-state index contributed by atoms with van der Waals surface area (Å²) in [4.78, 5) is 1.10. The fraction of sp³-hybridized carbons (Fsp3) is 0.167. The molecule has 2 rings (SSSR count). The molecule has 1 heterocycles. The van der Waals surface area contributed by atoms with Crippen LogP contribution >= 0.6 is 43.2 Å². The second-order valence-corrected chi connectivity index (χ2v) is 6.54. The minimum Gasteiger partial charge on any atom is -0.379 e. The Morgan fingerprint density at radius 3 is 2.42 bits per heavy atom. The summed E-state index contributed by atoms with van der Waals surface area (Å²) in [5.41, 5.74) is -0.0266. The van der Waals surface area contributed by atoms with Gasteiger partial charge < -0.3 is 5.32 Å². The van der Waals surface area contributed by atoms with Crippen LogP contribution in [0.4, 0.5) is 18.9 Å². The summed E-state index contributed by atoms with van der Waals surface area (Å²) in [5, 5.41) is 5.05. The Morgan fingerprint density at radius 2 is 1.89 bits per heavy atom. The standard InChI is InChI=1S/C12H8Br2F3NS/c13-8-4-9(19-6-8)5-18-11-2-1-7(3-10(11)14)12(15,16)17/h1-4,6,18H,5H2. The Bertz CT molecular complexity index is 581. The molecular formula is C12H8Br2F3NS. The SMILES string of the molecule is FC(F)(F)c1ccc(NCc2cc(Br)cs2)c(Br)c1. The van der Waals surface area contributed by atoms with Crippen molar-refractivity contribution in [1.29, 1.82) is 0 Å². The van der Waals surface area contributed by atoms with E-state index in [1.165, 1.54) is 6.07 Å². The summed E-state index contributed by atoms with van der Waals surface area (Å²) in [6.07, 6.45) is -4.32. The van der Waals surface area contributed by atoms with Crippen molar-refractivity contribution >= 4 is 48.9 Å². The molecule has 19 heavy (non-hydrogen) atoms. The molecule has 0 aliphatic carbocycles. The van der Waals surface area contributed by atoms with Gasteiger partial charge in [-0.1, -0.05) is 0 Å². The van der Waals surface area contributed by atoms with E-state index < -0.39 is 11.7 Å². The second-order valence-electron chi connectivity index (χ2n) is 3.78. The van der Waals surface area contributed by atoms with Gasteiger partial charge in [0, 0.05) is 31.4 Å². The van der Waals surface area contributed by atoms with E-state index in [2.05, 4.69) is 37.2 Å². The van der Waals surface area contributed by atoms with E-state index in [4.69, 9.17) is 0 Å². The first-order valence-corrected chi connectivity index (χ1v) is 7.66. The van der Waals surface area contributed by atoms with Crippen LogP contribution in [0.1, 0.15) is 10.4 Å². The minimum absolute atomic E-state index is 0.401. The minimum atomic E-state index is -4.32. The summed E-state index contributed by atoms with van der Waals surface area (Å²) in [7, 11) is 0. The lowest BCUT2D eigenvalue weighted by Crippen LogP contribution is -2.06. The van der Waals surface area contributed by atoms with Gasteiger partial charge in [-0.15, -0.1) is 11.3 Å². The maximum Gasteiger partial charge on any atom is 0.416 e. The van der Waals surface area contributed by atoms with E-state index in [0.29, 0.717) is 16.7 Å². The largest absolute Gasteiger partial charge is 0.416 e. The van der Waals surface area contributed by atoms with E-state index in [9.17, 15) is 13.2 Å². The Balaban J connectivity index is 2.09.